The van der Waals surface area contributed by atoms with Crippen molar-refractivity contribution < 1.29 is 17.9 Å². The summed E-state index contributed by atoms with van der Waals surface area (Å²) in [6.45, 7) is 4.53. The number of methoxy groups -OCH3 is 1. The van der Waals surface area contributed by atoms with Crippen LogP contribution in [0.2, 0.25) is 0 Å². The topological polar surface area (TPSA) is 66.9 Å². The van der Waals surface area contributed by atoms with Gasteiger partial charge in [-0.05, 0) is 68.5 Å². The quantitative estimate of drug-likeness (QED) is 0.749. The minimum absolute atomic E-state index is 0.0262. The average molecular weight is 429 g/mol. The molecule has 0 aromatic heterocycles. The third-order valence-electron chi connectivity index (χ3n) is 6.18. The number of rotatable bonds is 4. The number of ether oxygens (including phenoxy) is 1. The highest BCUT2D eigenvalue weighted by Crippen LogP contribution is 2.35. The number of carbonyl (C=O) groups is 1. The molecular formula is C23H28N2O4S. The molecule has 0 saturated carbocycles. The number of aryl methyl sites for hydroxylation is 1. The Labute approximate surface area is 178 Å². The van der Waals surface area contributed by atoms with Crippen LogP contribution in [0.25, 0.3) is 0 Å². The van der Waals surface area contributed by atoms with E-state index in [1.54, 1.807) is 25.3 Å². The number of sulfonamides is 1. The van der Waals surface area contributed by atoms with Crippen molar-refractivity contribution in [2.75, 3.05) is 25.1 Å². The fourth-order valence-electron chi connectivity index (χ4n) is 4.62. The molecule has 0 N–H and O–H groups in total. The summed E-state index contributed by atoms with van der Waals surface area (Å²) in [5.41, 5.74) is 2.90. The van der Waals surface area contributed by atoms with Gasteiger partial charge in [0.2, 0.25) is 15.9 Å². The summed E-state index contributed by atoms with van der Waals surface area (Å²) in [6.07, 6.45) is 2.22. The lowest BCUT2D eigenvalue weighted by atomic mass is 9.97. The molecule has 0 aliphatic carbocycles. The Kier molecular flexibility index (Phi) is 5.59. The molecule has 0 unspecified atom stereocenters. The predicted octanol–water partition coefficient (Wildman–Crippen LogP) is 3.38. The van der Waals surface area contributed by atoms with Gasteiger partial charge in [-0.2, -0.15) is 4.31 Å². The molecular weight excluding hydrogens is 400 g/mol. The van der Waals surface area contributed by atoms with Gasteiger partial charge in [-0.25, -0.2) is 8.42 Å². The number of benzene rings is 2. The Hall–Kier alpha value is -2.38. The molecule has 2 aromatic carbocycles. The van der Waals surface area contributed by atoms with Crippen LogP contribution in [-0.4, -0.2) is 44.9 Å². The molecule has 0 radical (unpaired) electrons. The highest BCUT2D eigenvalue weighted by Gasteiger charge is 2.39. The van der Waals surface area contributed by atoms with Gasteiger partial charge in [-0.15, -0.1) is 0 Å². The van der Waals surface area contributed by atoms with Crippen molar-refractivity contribution in [2.45, 2.75) is 44.0 Å². The molecule has 2 heterocycles. The van der Waals surface area contributed by atoms with Gasteiger partial charge in [0.25, 0.3) is 0 Å². The van der Waals surface area contributed by atoms with Crippen LogP contribution < -0.4 is 9.64 Å². The molecule has 30 heavy (non-hydrogen) atoms. The standard InChI is InChI=1S/C23H28N2O4S/c1-16-13-20(10-11-22(16)29-3)30(27,28)24-12-6-8-19(15-24)23(26)25-17(2)14-18-7-4-5-9-21(18)25/h4-5,7,9-11,13,17,19H,6,8,12,14-15H2,1-3H3/t17-,19-/m1/s1. The molecule has 0 spiro atoms. The third-order valence-corrected chi connectivity index (χ3v) is 8.04. The molecule has 1 amide bonds. The first-order valence-electron chi connectivity index (χ1n) is 10.4. The molecule has 7 heteroatoms. The van der Waals surface area contributed by atoms with E-state index in [2.05, 4.69) is 13.0 Å². The summed E-state index contributed by atoms with van der Waals surface area (Å²) in [6, 6.07) is 13.0. The van der Waals surface area contributed by atoms with Gasteiger partial charge in [0, 0.05) is 24.8 Å². The normalized spacial score (nSPS) is 22.0. The van der Waals surface area contributed by atoms with Gasteiger partial charge in [0.1, 0.15) is 5.75 Å². The van der Waals surface area contributed by atoms with E-state index in [4.69, 9.17) is 4.74 Å². The van der Waals surface area contributed by atoms with Gasteiger partial charge in [0.15, 0.2) is 0 Å². The largest absolute Gasteiger partial charge is 0.496 e. The maximum absolute atomic E-state index is 13.4. The van der Waals surface area contributed by atoms with Crippen molar-refractivity contribution in [3.8, 4) is 5.75 Å². The van der Waals surface area contributed by atoms with Crippen LogP contribution >= 0.6 is 0 Å². The molecule has 1 saturated heterocycles. The molecule has 4 rings (SSSR count). The number of amides is 1. The smallest absolute Gasteiger partial charge is 0.243 e. The Morgan fingerprint density at radius 2 is 1.93 bits per heavy atom. The Morgan fingerprint density at radius 3 is 2.67 bits per heavy atom. The SMILES string of the molecule is COc1ccc(S(=O)(=O)N2CCC[C@@H](C(=O)N3c4ccccc4C[C@H]3C)C2)cc1C. The van der Waals surface area contributed by atoms with Crippen LogP contribution in [0.3, 0.4) is 0 Å². The Bertz CT molecular complexity index is 1070. The van der Waals surface area contributed by atoms with E-state index < -0.39 is 10.0 Å². The number of hydrogen-bond acceptors (Lipinski definition) is 4. The molecule has 2 aliphatic heterocycles. The minimum Gasteiger partial charge on any atom is -0.496 e. The van der Waals surface area contributed by atoms with Crippen molar-refractivity contribution in [3.05, 3.63) is 53.6 Å². The van der Waals surface area contributed by atoms with Crippen molar-refractivity contribution in [1.82, 2.24) is 4.31 Å². The number of para-hydroxylation sites is 1. The van der Waals surface area contributed by atoms with E-state index >= 15 is 0 Å². The van der Waals surface area contributed by atoms with Crippen LogP contribution in [-0.2, 0) is 21.2 Å². The zero-order valence-corrected chi connectivity index (χ0v) is 18.5. The van der Waals surface area contributed by atoms with E-state index in [9.17, 15) is 13.2 Å². The summed E-state index contributed by atoms with van der Waals surface area (Å²) in [5, 5.41) is 0. The zero-order valence-electron chi connectivity index (χ0n) is 17.7. The maximum atomic E-state index is 13.4. The molecule has 2 atom stereocenters. The first kappa shape index (κ1) is 20.9. The van der Waals surface area contributed by atoms with E-state index in [1.165, 1.54) is 9.87 Å². The number of nitrogens with zero attached hydrogens (tertiary/aromatic N) is 2. The Balaban J connectivity index is 1.56. The van der Waals surface area contributed by atoms with Crippen LogP contribution in [0.15, 0.2) is 47.4 Å². The molecule has 160 valence electrons. The summed E-state index contributed by atoms with van der Waals surface area (Å²) in [7, 11) is -2.10. The van der Waals surface area contributed by atoms with Gasteiger partial charge < -0.3 is 9.64 Å². The lowest BCUT2D eigenvalue weighted by Crippen LogP contribution is -2.48. The summed E-state index contributed by atoms with van der Waals surface area (Å²) < 4.78 is 33.2. The lowest BCUT2D eigenvalue weighted by molar-refractivity contribution is -0.123. The highest BCUT2D eigenvalue weighted by atomic mass is 32.2. The summed E-state index contributed by atoms with van der Waals surface area (Å²) in [5.74, 6) is 0.349. The second-order valence-electron chi connectivity index (χ2n) is 8.22. The number of carbonyl (C=O) groups excluding carboxylic acids is 1. The van der Waals surface area contributed by atoms with Crippen molar-refractivity contribution in [2.24, 2.45) is 5.92 Å². The molecule has 2 aliphatic rings. The number of anilines is 1. The van der Waals surface area contributed by atoms with E-state index in [1.807, 2.05) is 30.0 Å². The molecule has 0 bridgehead atoms. The van der Waals surface area contributed by atoms with Crippen molar-refractivity contribution in [3.63, 3.8) is 0 Å². The summed E-state index contributed by atoms with van der Waals surface area (Å²) in [4.78, 5) is 15.5. The first-order valence-corrected chi connectivity index (χ1v) is 11.8. The van der Waals surface area contributed by atoms with Gasteiger partial charge in [-0.3, -0.25) is 4.79 Å². The van der Waals surface area contributed by atoms with E-state index in [0.717, 1.165) is 17.7 Å². The zero-order chi connectivity index (χ0) is 21.5. The second kappa shape index (κ2) is 8.04. The van der Waals surface area contributed by atoms with Gasteiger partial charge in [0.05, 0.1) is 17.9 Å². The van der Waals surface area contributed by atoms with Crippen LogP contribution in [0.5, 0.6) is 5.75 Å². The fourth-order valence-corrected chi connectivity index (χ4v) is 6.23. The van der Waals surface area contributed by atoms with Crippen molar-refractivity contribution in [1.29, 1.82) is 0 Å². The molecule has 2 aromatic rings. The number of fused-ring (bicyclic) bond motifs is 1. The minimum atomic E-state index is -3.67. The second-order valence-corrected chi connectivity index (χ2v) is 10.2. The lowest BCUT2D eigenvalue weighted by Gasteiger charge is -2.34. The summed E-state index contributed by atoms with van der Waals surface area (Å²) >= 11 is 0. The highest BCUT2D eigenvalue weighted by molar-refractivity contribution is 7.89. The van der Waals surface area contributed by atoms with Crippen molar-refractivity contribution >= 4 is 21.6 Å². The molecule has 6 nitrogen and oxygen atoms in total. The first-order chi connectivity index (χ1) is 14.3. The monoisotopic (exact) mass is 428 g/mol. The average Bonchev–Trinajstić information content (AvgIpc) is 3.08. The van der Waals surface area contributed by atoms with Gasteiger partial charge in [-0.1, -0.05) is 18.2 Å². The fraction of sp³-hybridized carbons (Fsp3) is 0.435. The van der Waals surface area contributed by atoms with Crippen LogP contribution in [0, 0.1) is 12.8 Å². The van der Waals surface area contributed by atoms with Crippen LogP contribution in [0.4, 0.5) is 5.69 Å². The third kappa shape index (κ3) is 3.61. The predicted molar refractivity (Wildman–Crippen MR) is 116 cm³/mol. The number of piperidine rings is 1. The maximum Gasteiger partial charge on any atom is 0.243 e. The van der Waals surface area contributed by atoms with E-state index in [-0.39, 0.29) is 29.3 Å². The van der Waals surface area contributed by atoms with E-state index in [0.29, 0.717) is 25.1 Å². The number of hydrogen-bond donors (Lipinski definition) is 0. The molecule has 1 fully saturated rings. The van der Waals surface area contributed by atoms with Crippen LogP contribution in [0.1, 0.15) is 30.9 Å². The van der Waals surface area contributed by atoms with Gasteiger partial charge >= 0.3 is 0 Å². The Morgan fingerprint density at radius 1 is 1.17 bits per heavy atom.